The van der Waals surface area contributed by atoms with E-state index in [4.69, 9.17) is 9.47 Å². The van der Waals surface area contributed by atoms with Gasteiger partial charge in [-0.1, -0.05) is 12.1 Å². The second-order valence-corrected chi connectivity index (χ2v) is 9.57. The van der Waals surface area contributed by atoms with Crippen molar-refractivity contribution in [1.82, 2.24) is 18.8 Å². The van der Waals surface area contributed by atoms with E-state index in [9.17, 15) is 22.8 Å². The molecule has 2 heterocycles. The van der Waals surface area contributed by atoms with Crippen LogP contribution in [0.25, 0.3) is 11.0 Å². The van der Waals surface area contributed by atoms with Crippen molar-refractivity contribution >= 4 is 27.0 Å². The van der Waals surface area contributed by atoms with E-state index >= 15 is 0 Å². The fourth-order valence-electron chi connectivity index (χ4n) is 3.92. The predicted molar refractivity (Wildman–Crippen MR) is 124 cm³/mol. The molecule has 0 unspecified atom stereocenters. The number of ether oxygens (including phenoxy) is 2. The molecule has 11 nitrogen and oxygen atoms in total. The number of aromatic nitrogens is 2. The average Bonchev–Trinajstić information content (AvgIpc) is 2.86. The predicted octanol–water partition coefficient (Wildman–Crippen LogP) is 0.240. The molecule has 0 spiro atoms. The van der Waals surface area contributed by atoms with Gasteiger partial charge in [0.05, 0.1) is 25.3 Å². The lowest BCUT2D eigenvalue weighted by Crippen LogP contribution is -2.52. The molecule has 0 bridgehead atoms. The summed E-state index contributed by atoms with van der Waals surface area (Å²) in [7, 11) is -1.07. The Kier molecular flexibility index (Phi) is 6.44. The minimum atomic E-state index is -3.90. The first-order valence-electron chi connectivity index (χ1n) is 10.5. The Balaban J connectivity index is 1.51. The number of benzene rings is 2. The first-order valence-corrected chi connectivity index (χ1v) is 11.9. The van der Waals surface area contributed by atoms with Crippen molar-refractivity contribution in [3.63, 3.8) is 0 Å². The zero-order valence-corrected chi connectivity index (χ0v) is 19.5. The number of H-pyrrole nitrogens is 1. The number of methoxy groups -OCH3 is 2. The van der Waals surface area contributed by atoms with Gasteiger partial charge in [0.15, 0.2) is 0 Å². The highest BCUT2D eigenvalue weighted by Crippen LogP contribution is 2.31. The fraction of sp³-hybridized carbons (Fsp3) is 0.318. The summed E-state index contributed by atoms with van der Waals surface area (Å²) in [5.41, 5.74) is -0.747. The van der Waals surface area contributed by atoms with E-state index < -0.39 is 21.1 Å². The Morgan fingerprint density at radius 2 is 1.71 bits per heavy atom. The lowest BCUT2D eigenvalue weighted by molar-refractivity contribution is -0.133. The van der Waals surface area contributed by atoms with Crippen LogP contribution in [-0.4, -0.2) is 73.5 Å². The van der Waals surface area contributed by atoms with E-state index in [0.29, 0.717) is 16.8 Å². The van der Waals surface area contributed by atoms with Crippen LogP contribution in [-0.2, 0) is 21.4 Å². The highest BCUT2D eigenvalue weighted by atomic mass is 32.2. The second-order valence-electron chi connectivity index (χ2n) is 7.66. The van der Waals surface area contributed by atoms with Crippen LogP contribution in [0.4, 0.5) is 0 Å². The van der Waals surface area contributed by atoms with Crippen molar-refractivity contribution < 1.29 is 22.7 Å². The highest BCUT2D eigenvalue weighted by molar-refractivity contribution is 7.89. The molecule has 1 N–H and O–H groups in total. The van der Waals surface area contributed by atoms with E-state index in [-0.39, 0.29) is 49.3 Å². The van der Waals surface area contributed by atoms with Gasteiger partial charge in [-0.2, -0.15) is 4.31 Å². The Hall–Kier alpha value is -3.64. The van der Waals surface area contributed by atoms with Crippen molar-refractivity contribution in [2.45, 2.75) is 11.4 Å². The number of rotatable bonds is 6. The standard InChI is InChI=1S/C22H24N4O7S/c1-32-15-7-8-18(33-2)19(13-15)34(30,31)25-11-9-24(10-12-25)20(27)14-26-17-6-4-3-5-16(17)23-21(28)22(26)29/h3-8,13H,9-12,14H2,1-2H3,(H,23,28). The minimum absolute atomic E-state index is 0.0179. The summed E-state index contributed by atoms with van der Waals surface area (Å²) in [4.78, 5) is 41.3. The van der Waals surface area contributed by atoms with Crippen molar-refractivity contribution in [3.05, 3.63) is 63.2 Å². The molecule has 0 atom stereocenters. The van der Waals surface area contributed by atoms with E-state index in [1.807, 2.05) is 0 Å². The maximum Gasteiger partial charge on any atom is 0.317 e. The Morgan fingerprint density at radius 1 is 1.00 bits per heavy atom. The van der Waals surface area contributed by atoms with Crippen LogP contribution in [0.1, 0.15) is 0 Å². The van der Waals surface area contributed by atoms with Gasteiger partial charge in [0, 0.05) is 32.2 Å². The summed E-state index contributed by atoms with van der Waals surface area (Å²) in [5, 5.41) is 0. The van der Waals surface area contributed by atoms with Crippen molar-refractivity contribution in [2.24, 2.45) is 0 Å². The van der Waals surface area contributed by atoms with Gasteiger partial charge in [-0.3, -0.25) is 19.0 Å². The molecule has 34 heavy (non-hydrogen) atoms. The molecule has 1 aliphatic heterocycles. The van der Waals surface area contributed by atoms with Crippen LogP contribution in [0.2, 0.25) is 0 Å². The van der Waals surface area contributed by atoms with E-state index in [0.717, 1.165) is 4.57 Å². The first-order chi connectivity index (χ1) is 16.3. The lowest BCUT2D eigenvalue weighted by Gasteiger charge is -2.34. The molecule has 3 aromatic rings. The van der Waals surface area contributed by atoms with Gasteiger partial charge in [-0.25, -0.2) is 8.42 Å². The van der Waals surface area contributed by atoms with Crippen LogP contribution in [0.15, 0.2) is 56.9 Å². The largest absolute Gasteiger partial charge is 0.497 e. The molecule has 1 aliphatic rings. The maximum atomic E-state index is 13.2. The molecule has 0 radical (unpaired) electrons. The molecule has 1 aromatic heterocycles. The van der Waals surface area contributed by atoms with Crippen molar-refractivity contribution in [3.8, 4) is 11.5 Å². The molecular weight excluding hydrogens is 464 g/mol. The first kappa shape index (κ1) is 23.5. The average molecular weight is 489 g/mol. The number of nitrogens with zero attached hydrogens (tertiary/aromatic N) is 3. The number of carbonyl (C=O) groups excluding carboxylic acids is 1. The smallest absolute Gasteiger partial charge is 0.317 e. The van der Waals surface area contributed by atoms with E-state index in [1.165, 1.54) is 35.6 Å². The molecule has 1 saturated heterocycles. The van der Waals surface area contributed by atoms with Gasteiger partial charge in [-0.15, -0.1) is 0 Å². The molecule has 2 aromatic carbocycles. The summed E-state index contributed by atoms with van der Waals surface area (Å²) in [6.07, 6.45) is 0. The Morgan fingerprint density at radius 3 is 2.38 bits per heavy atom. The summed E-state index contributed by atoms with van der Waals surface area (Å²) < 4.78 is 39.3. The number of piperazine rings is 1. The normalized spacial score (nSPS) is 14.8. The van der Waals surface area contributed by atoms with Gasteiger partial charge in [-0.05, 0) is 24.3 Å². The van der Waals surface area contributed by atoms with Crippen LogP contribution in [0, 0.1) is 0 Å². The topological polar surface area (TPSA) is 131 Å². The number of carbonyl (C=O) groups is 1. The van der Waals surface area contributed by atoms with Gasteiger partial charge in [0.2, 0.25) is 15.9 Å². The monoisotopic (exact) mass is 488 g/mol. The highest BCUT2D eigenvalue weighted by Gasteiger charge is 2.32. The zero-order valence-electron chi connectivity index (χ0n) is 18.7. The summed E-state index contributed by atoms with van der Waals surface area (Å²) in [6, 6.07) is 11.2. The zero-order chi connectivity index (χ0) is 24.5. The van der Waals surface area contributed by atoms with E-state index in [2.05, 4.69) is 4.98 Å². The Labute approximate surface area is 195 Å². The van der Waals surface area contributed by atoms with Crippen LogP contribution in [0.3, 0.4) is 0 Å². The number of fused-ring (bicyclic) bond motifs is 1. The second kappa shape index (κ2) is 9.31. The number of para-hydroxylation sites is 2. The molecule has 1 amide bonds. The third-order valence-electron chi connectivity index (χ3n) is 5.76. The number of nitrogens with one attached hydrogen (secondary N) is 1. The minimum Gasteiger partial charge on any atom is -0.497 e. The SMILES string of the molecule is COc1ccc(OC)c(S(=O)(=O)N2CCN(C(=O)Cn3c(=O)c(=O)[nH]c4ccccc43)CC2)c1. The third-order valence-corrected chi connectivity index (χ3v) is 7.68. The van der Waals surface area contributed by atoms with Gasteiger partial charge in [0.1, 0.15) is 22.9 Å². The summed E-state index contributed by atoms with van der Waals surface area (Å²) >= 11 is 0. The summed E-state index contributed by atoms with van der Waals surface area (Å²) in [5.74, 6) is 0.192. The molecule has 12 heteroatoms. The molecule has 180 valence electrons. The third kappa shape index (κ3) is 4.29. The van der Waals surface area contributed by atoms with E-state index in [1.54, 1.807) is 30.3 Å². The Bertz CT molecular complexity index is 1450. The molecule has 0 saturated carbocycles. The number of aromatic amines is 1. The van der Waals surface area contributed by atoms with Crippen molar-refractivity contribution in [1.29, 1.82) is 0 Å². The van der Waals surface area contributed by atoms with Gasteiger partial charge in [0.25, 0.3) is 0 Å². The number of sulfonamides is 1. The molecular formula is C22H24N4O7S. The van der Waals surface area contributed by atoms with Crippen LogP contribution < -0.4 is 20.6 Å². The fourth-order valence-corrected chi connectivity index (χ4v) is 5.51. The molecule has 0 aliphatic carbocycles. The summed E-state index contributed by atoms with van der Waals surface area (Å²) in [6.45, 7) is 0.0963. The number of hydrogen-bond acceptors (Lipinski definition) is 7. The number of hydrogen-bond donors (Lipinski definition) is 1. The quantitative estimate of drug-likeness (QED) is 0.492. The number of amides is 1. The molecule has 4 rings (SSSR count). The molecule has 1 fully saturated rings. The van der Waals surface area contributed by atoms with Crippen molar-refractivity contribution in [2.75, 3.05) is 40.4 Å². The lowest BCUT2D eigenvalue weighted by atomic mass is 10.3. The maximum absolute atomic E-state index is 13.2. The van der Waals surface area contributed by atoms with Crippen LogP contribution >= 0.6 is 0 Å². The van der Waals surface area contributed by atoms with Gasteiger partial charge < -0.3 is 19.4 Å². The van der Waals surface area contributed by atoms with Gasteiger partial charge >= 0.3 is 11.1 Å². The van der Waals surface area contributed by atoms with Crippen LogP contribution in [0.5, 0.6) is 11.5 Å².